The lowest BCUT2D eigenvalue weighted by Crippen LogP contribution is -2.53. The maximum absolute atomic E-state index is 12.7. The van der Waals surface area contributed by atoms with Gasteiger partial charge in [0, 0.05) is 38.8 Å². The number of carbonyl (C=O) groups is 2. The predicted octanol–water partition coefficient (Wildman–Crippen LogP) is 3.48. The Morgan fingerprint density at radius 3 is 2.34 bits per heavy atom. The standard InChI is InChI=1S/C24H35N3O3S2/c1-19-5-2-3-10-27(19)22(28)17-25-11-13-26(14-12-25)23(29)18-30-21-8-6-20(7-9-21)24-31-15-4-16-32-24/h6-9,19,24H,2-5,10-18H2,1H3. The molecule has 1 unspecified atom stereocenters. The van der Waals surface area contributed by atoms with Gasteiger partial charge >= 0.3 is 0 Å². The van der Waals surface area contributed by atoms with Crippen molar-refractivity contribution in [2.45, 2.75) is 43.2 Å². The van der Waals surface area contributed by atoms with Gasteiger partial charge in [-0.15, -0.1) is 23.5 Å². The predicted molar refractivity (Wildman–Crippen MR) is 132 cm³/mol. The highest BCUT2D eigenvalue weighted by molar-refractivity contribution is 8.16. The molecule has 0 bridgehead atoms. The largest absolute Gasteiger partial charge is 0.484 e. The number of piperazine rings is 1. The first kappa shape index (κ1) is 23.8. The fourth-order valence-electron chi connectivity index (χ4n) is 4.54. The van der Waals surface area contributed by atoms with Crippen LogP contribution in [0.4, 0.5) is 0 Å². The van der Waals surface area contributed by atoms with Crippen molar-refractivity contribution in [1.82, 2.24) is 14.7 Å². The van der Waals surface area contributed by atoms with E-state index in [1.54, 1.807) is 0 Å². The third kappa shape index (κ3) is 6.35. The summed E-state index contributed by atoms with van der Waals surface area (Å²) in [6, 6.07) is 8.54. The highest BCUT2D eigenvalue weighted by atomic mass is 32.2. The van der Waals surface area contributed by atoms with E-state index in [0.717, 1.165) is 38.2 Å². The summed E-state index contributed by atoms with van der Waals surface area (Å²) in [4.78, 5) is 31.3. The second-order valence-corrected chi connectivity index (χ2v) is 11.6. The molecule has 1 atom stereocenters. The minimum atomic E-state index is 0.0168. The lowest BCUT2D eigenvalue weighted by molar-refractivity contribution is -0.138. The Hall–Kier alpha value is -1.38. The van der Waals surface area contributed by atoms with E-state index in [1.165, 1.54) is 29.9 Å². The van der Waals surface area contributed by atoms with Crippen LogP contribution in [0.5, 0.6) is 5.75 Å². The van der Waals surface area contributed by atoms with E-state index in [2.05, 4.69) is 24.0 Å². The van der Waals surface area contributed by atoms with Gasteiger partial charge in [-0.05, 0) is 61.8 Å². The summed E-state index contributed by atoms with van der Waals surface area (Å²) >= 11 is 4.01. The first-order valence-corrected chi connectivity index (χ1v) is 14.0. The number of piperidine rings is 1. The molecular weight excluding hydrogens is 442 g/mol. The Labute approximate surface area is 200 Å². The Morgan fingerprint density at radius 1 is 0.938 bits per heavy atom. The molecule has 3 aliphatic heterocycles. The first-order chi connectivity index (χ1) is 15.6. The van der Waals surface area contributed by atoms with Crippen molar-refractivity contribution in [2.75, 3.05) is 57.4 Å². The van der Waals surface area contributed by atoms with Crippen molar-refractivity contribution in [3.8, 4) is 5.75 Å². The van der Waals surface area contributed by atoms with Gasteiger partial charge in [-0.3, -0.25) is 14.5 Å². The number of likely N-dealkylation sites (tertiary alicyclic amines) is 1. The normalized spacial score (nSPS) is 23.2. The maximum Gasteiger partial charge on any atom is 0.260 e. The topological polar surface area (TPSA) is 53.1 Å². The molecule has 0 spiro atoms. The fraction of sp³-hybridized carbons (Fsp3) is 0.667. The van der Waals surface area contributed by atoms with Crippen LogP contribution in [0.25, 0.3) is 0 Å². The van der Waals surface area contributed by atoms with Gasteiger partial charge in [0.05, 0.1) is 11.1 Å². The van der Waals surface area contributed by atoms with Crippen LogP contribution >= 0.6 is 23.5 Å². The zero-order valence-corrected chi connectivity index (χ0v) is 20.7. The van der Waals surface area contributed by atoms with Crippen molar-refractivity contribution in [1.29, 1.82) is 0 Å². The second kappa shape index (κ2) is 11.7. The lowest BCUT2D eigenvalue weighted by Gasteiger charge is -2.38. The van der Waals surface area contributed by atoms with Crippen LogP contribution in [0.15, 0.2) is 24.3 Å². The van der Waals surface area contributed by atoms with Crippen LogP contribution < -0.4 is 4.74 Å². The van der Waals surface area contributed by atoms with E-state index in [9.17, 15) is 9.59 Å². The quantitative estimate of drug-likeness (QED) is 0.625. The third-order valence-corrected chi connectivity index (χ3v) is 9.56. The van der Waals surface area contributed by atoms with Crippen molar-refractivity contribution in [2.24, 2.45) is 0 Å². The molecule has 176 valence electrons. The lowest BCUT2D eigenvalue weighted by atomic mass is 10.0. The van der Waals surface area contributed by atoms with Gasteiger partial charge in [-0.1, -0.05) is 12.1 Å². The van der Waals surface area contributed by atoms with Crippen molar-refractivity contribution in [3.63, 3.8) is 0 Å². The molecule has 4 rings (SSSR count). The molecule has 1 aromatic rings. The van der Waals surface area contributed by atoms with Gasteiger partial charge in [0.25, 0.3) is 5.91 Å². The number of nitrogens with zero attached hydrogens (tertiary/aromatic N) is 3. The average molecular weight is 478 g/mol. The van der Waals surface area contributed by atoms with Gasteiger partial charge in [-0.25, -0.2) is 0 Å². The maximum atomic E-state index is 12.7. The number of benzene rings is 1. The SMILES string of the molecule is CC1CCCCN1C(=O)CN1CCN(C(=O)COc2ccc(C3SCCCS3)cc2)CC1. The van der Waals surface area contributed by atoms with E-state index in [1.807, 2.05) is 45.5 Å². The number of hydrogen-bond acceptors (Lipinski definition) is 6. The van der Waals surface area contributed by atoms with Gasteiger partial charge in [0.15, 0.2) is 6.61 Å². The zero-order valence-electron chi connectivity index (χ0n) is 19.0. The molecule has 0 aliphatic carbocycles. The monoisotopic (exact) mass is 477 g/mol. The molecule has 32 heavy (non-hydrogen) atoms. The summed E-state index contributed by atoms with van der Waals surface area (Å²) in [6.45, 7) is 6.35. The Bertz CT molecular complexity index is 762. The van der Waals surface area contributed by atoms with Crippen molar-refractivity contribution >= 4 is 35.3 Å². The average Bonchev–Trinajstić information content (AvgIpc) is 2.84. The summed E-state index contributed by atoms with van der Waals surface area (Å²) in [5.74, 6) is 3.44. The van der Waals surface area contributed by atoms with Gasteiger partial charge < -0.3 is 14.5 Å². The highest BCUT2D eigenvalue weighted by Crippen LogP contribution is 2.43. The van der Waals surface area contributed by atoms with Crippen LogP contribution in [0.3, 0.4) is 0 Å². The molecule has 0 saturated carbocycles. The Balaban J connectivity index is 1.17. The van der Waals surface area contributed by atoms with Gasteiger partial charge in [-0.2, -0.15) is 0 Å². The number of carbonyl (C=O) groups excluding carboxylic acids is 2. The van der Waals surface area contributed by atoms with Crippen LogP contribution in [-0.2, 0) is 9.59 Å². The van der Waals surface area contributed by atoms with E-state index in [4.69, 9.17) is 4.74 Å². The van der Waals surface area contributed by atoms with Crippen molar-refractivity contribution in [3.05, 3.63) is 29.8 Å². The number of amides is 2. The number of thioether (sulfide) groups is 2. The summed E-state index contributed by atoms with van der Waals surface area (Å²) in [5.41, 5.74) is 1.32. The molecule has 2 amide bonds. The van der Waals surface area contributed by atoms with E-state index in [0.29, 0.717) is 30.3 Å². The minimum Gasteiger partial charge on any atom is -0.484 e. The Morgan fingerprint density at radius 2 is 1.66 bits per heavy atom. The number of rotatable bonds is 6. The highest BCUT2D eigenvalue weighted by Gasteiger charge is 2.27. The smallest absolute Gasteiger partial charge is 0.260 e. The Kier molecular flexibility index (Phi) is 8.66. The van der Waals surface area contributed by atoms with Crippen LogP contribution in [-0.4, -0.2) is 89.9 Å². The second-order valence-electron chi connectivity index (χ2n) is 8.87. The minimum absolute atomic E-state index is 0.0168. The van der Waals surface area contributed by atoms with E-state index >= 15 is 0 Å². The van der Waals surface area contributed by atoms with Crippen LogP contribution in [0.1, 0.15) is 42.8 Å². The molecule has 3 heterocycles. The first-order valence-electron chi connectivity index (χ1n) is 11.9. The molecule has 3 fully saturated rings. The molecule has 0 N–H and O–H groups in total. The summed E-state index contributed by atoms with van der Waals surface area (Å²) < 4.78 is 6.28. The number of hydrogen-bond donors (Lipinski definition) is 0. The molecule has 8 heteroatoms. The molecule has 0 radical (unpaired) electrons. The summed E-state index contributed by atoms with van der Waals surface area (Å²) in [5, 5.41) is 0. The van der Waals surface area contributed by atoms with Gasteiger partial charge in [0.2, 0.25) is 5.91 Å². The summed E-state index contributed by atoms with van der Waals surface area (Å²) in [6.07, 6.45) is 4.73. The van der Waals surface area contributed by atoms with Crippen molar-refractivity contribution < 1.29 is 14.3 Å². The fourth-order valence-corrected chi connectivity index (χ4v) is 7.44. The molecule has 6 nitrogen and oxygen atoms in total. The molecular formula is C24H35N3O3S2. The summed E-state index contributed by atoms with van der Waals surface area (Å²) in [7, 11) is 0. The molecule has 3 aliphatic rings. The van der Waals surface area contributed by atoms with Gasteiger partial charge in [0.1, 0.15) is 5.75 Å². The van der Waals surface area contributed by atoms with E-state index in [-0.39, 0.29) is 18.4 Å². The molecule has 0 aromatic heterocycles. The third-order valence-electron chi connectivity index (χ3n) is 6.55. The van der Waals surface area contributed by atoms with Crippen LogP contribution in [0, 0.1) is 0 Å². The number of ether oxygens (including phenoxy) is 1. The van der Waals surface area contributed by atoms with E-state index < -0.39 is 0 Å². The van der Waals surface area contributed by atoms with Crippen LogP contribution in [0.2, 0.25) is 0 Å². The molecule has 3 saturated heterocycles. The molecule has 1 aromatic carbocycles. The zero-order chi connectivity index (χ0) is 22.3.